The molecule has 1 atom stereocenters. The zero-order valence-corrected chi connectivity index (χ0v) is 13.3. The van der Waals surface area contributed by atoms with Crippen LogP contribution in [0.4, 0.5) is 10.1 Å². The second-order valence-corrected chi connectivity index (χ2v) is 5.68. The number of anilines is 1. The lowest BCUT2D eigenvalue weighted by molar-refractivity contribution is -0.116. The predicted molar refractivity (Wildman–Crippen MR) is 92.0 cm³/mol. The summed E-state index contributed by atoms with van der Waals surface area (Å²) in [6, 6.07) is 15.6. The van der Waals surface area contributed by atoms with Gasteiger partial charge in [0.2, 0.25) is 5.91 Å². The standard InChI is InChI=1S/C19H18FN3O/c1-14(23-11-3-10-21-23)12-19(24)22-18-5-2-4-16(13-18)15-6-8-17(20)9-7-15/h2-11,13-14H,12H2,1H3,(H,22,24). The Bertz CT molecular complexity index is 813. The van der Waals surface area contributed by atoms with Crippen LogP contribution < -0.4 is 5.32 Å². The first-order chi connectivity index (χ1) is 11.6. The molecule has 0 radical (unpaired) electrons. The van der Waals surface area contributed by atoms with Gasteiger partial charge in [-0.3, -0.25) is 9.48 Å². The number of hydrogen-bond donors (Lipinski definition) is 1. The Kier molecular flexibility index (Phi) is 4.70. The van der Waals surface area contributed by atoms with E-state index in [9.17, 15) is 9.18 Å². The van der Waals surface area contributed by atoms with Crippen molar-refractivity contribution in [1.29, 1.82) is 0 Å². The third-order valence-corrected chi connectivity index (χ3v) is 3.78. The summed E-state index contributed by atoms with van der Waals surface area (Å²) in [5, 5.41) is 7.05. The average molecular weight is 323 g/mol. The van der Waals surface area contributed by atoms with Crippen LogP contribution in [0.5, 0.6) is 0 Å². The highest BCUT2D eigenvalue weighted by Gasteiger charge is 2.11. The first-order valence-electron chi connectivity index (χ1n) is 7.77. The predicted octanol–water partition coefficient (Wildman–Crippen LogP) is 4.28. The number of carbonyl (C=O) groups is 1. The second-order valence-electron chi connectivity index (χ2n) is 5.68. The number of hydrogen-bond acceptors (Lipinski definition) is 2. The molecule has 0 aliphatic rings. The lowest BCUT2D eigenvalue weighted by Gasteiger charge is -2.13. The van der Waals surface area contributed by atoms with Crippen molar-refractivity contribution in [1.82, 2.24) is 9.78 Å². The van der Waals surface area contributed by atoms with Crippen LogP contribution in [0.15, 0.2) is 67.0 Å². The van der Waals surface area contributed by atoms with Crippen molar-refractivity contribution in [2.45, 2.75) is 19.4 Å². The maximum Gasteiger partial charge on any atom is 0.226 e. The van der Waals surface area contributed by atoms with Gasteiger partial charge in [-0.2, -0.15) is 5.10 Å². The monoisotopic (exact) mass is 323 g/mol. The second kappa shape index (κ2) is 7.08. The van der Waals surface area contributed by atoms with Gasteiger partial charge in [0.15, 0.2) is 0 Å². The summed E-state index contributed by atoms with van der Waals surface area (Å²) in [5.41, 5.74) is 2.54. The smallest absolute Gasteiger partial charge is 0.226 e. The molecule has 0 aliphatic heterocycles. The molecule has 0 spiro atoms. The normalized spacial score (nSPS) is 11.9. The number of aromatic nitrogens is 2. The molecule has 2 aromatic carbocycles. The SMILES string of the molecule is CC(CC(=O)Nc1cccc(-c2ccc(F)cc2)c1)n1cccn1. The minimum Gasteiger partial charge on any atom is -0.326 e. The third-order valence-electron chi connectivity index (χ3n) is 3.78. The van der Waals surface area contributed by atoms with Crippen LogP contribution >= 0.6 is 0 Å². The fourth-order valence-electron chi connectivity index (χ4n) is 2.53. The van der Waals surface area contributed by atoms with Crippen LogP contribution in [-0.4, -0.2) is 15.7 Å². The summed E-state index contributed by atoms with van der Waals surface area (Å²) in [6.45, 7) is 1.95. The van der Waals surface area contributed by atoms with Crippen LogP contribution in [0.1, 0.15) is 19.4 Å². The van der Waals surface area contributed by atoms with Gasteiger partial charge >= 0.3 is 0 Å². The number of rotatable bonds is 5. The van der Waals surface area contributed by atoms with E-state index in [1.165, 1.54) is 12.1 Å². The molecular weight excluding hydrogens is 305 g/mol. The van der Waals surface area contributed by atoms with Gasteiger partial charge in [-0.15, -0.1) is 0 Å². The summed E-state index contributed by atoms with van der Waals surface area (Å²) in [4.78, 5) is 12.2. The van der Waals surface area contributed by atoms with Gasteiger partial charge in [0.1, 0.15) is 5.82 Å². The topological polar surface area (TPSA) is 46.9 Å². The molecule has 24 heavy (non-hydrogen) atoms. The van der Waals surface area contributed by atoms with Gasteiger partial charge in [-0.05, 0) is 48.4 Å². The van der Waals surface area contributed by atoms with E-state index in [-0.39, 0.29) is 17.8 Å². The average Bonchev–Trinajstić information content (AvgIpc) is 3.10. The van der Waals surface area contributed by atoms with E-state index in [0.717, 1.165) is 16.8 Å². The number of halogens is 1. The Balaban J connectivity index is 1.68. The van der Waals surface area contributed by atoms with Crippen molar-refractivity contribution >= 4 is 11.6 Å². The summed E-state index contributed by atoms with van der Waals surface area (Å²) >= 11 is 0. The van der Waals surface area contributed by atoms with E-state index in [1.54, 1.807) is 23.0 Å². The summed E-state index contributed by atoms with van der Waals surface area (Å²) in [7, 11) is 0. The third kappa shape index (κ3) is 3.87. The fraction of sp³-hybridized carbons (Fsp3) is 0.158. The van der Waals surface area contributed by atoms with Gasteiger partial charge in [0.25, 0.3) is 0 Å². The lowest BCUT2D eigenvalue weighted by atomic mass is 10.1. The Morgan fingerprint density at radius 1 is 1.17 bits per heavy atom. The molecule has 1 N–H and O–H groups in total. The van der Waals surface area contributed by atoms with Crippen molar-refractivity contribution in [3.63, 3.8) is 0 Å². The van der Waals surface area contributed by atoms with Crippen LogP contribution in [0.3, 0.4) is 0 Å². The molecule has 1 heterocycles. The Labute approximate surface area is 139 Å². The van der Waals surface area contributed by atoms with E-state index in [1.807, 2.05) is 43.5 Å². The maximum atomic E-state index is 13.0. The van der Waals surface area contributed by atoms with E-state index >= 15 is 0 Å². The van der Waals surface area contributed by atoms with Gasteiger partial charge in [0, 0.05) is 24.5 Å². The van der Waals surface area contributed by atoms with Gasteiger partial charge in [-0.1, -0.05) is 24.3 Å². The highest BCUT2D eigenvalue weighted by Crippen LogP contribution is 2.23. The molecular formula is C19H18FN3O. The number of nitrogens with zero attached hydrogens (tertiary/aromatic N) is 2. The number of benzene rings is 2. The molecule has 0 bridgehead atoms. The zero-order valence-electron chi connectivity index (χ0n) is 13.3. The number of nitrogens with one attached hydrogen (secondary N) is 1. The van der Waals surface area contributed by atoms with Gasteiger partial charge in [0.05, 0.1) is 6.04 Å². The minimum absolute atomic E-state index is 0.0136. The number of amides is 1. The highest BCUT2D eigenvalue weighted by molar-refractivity contribution is 5.91. The van der Waals surface area contributed by atoms with Crippen LogP contribution in [-0.2, 0) is 4.79 Å². The highest BCUT2D eigenvalue weighted by atomic mass is 19.1. The first kappa shape index (κ1) is 15.9. The molecule has 0 saturated heterocycles. The lowest BCUT2D eigenvalue weighted by Crippen LogP contribution is -2.17. The van der Waals surface area contributed by atoms with Crippen LogP contribution in [0.2, 0.25) is 0 Å². The van der Waals surface area contributed by atoms with Crippen LogP contribution in [0, 0.1) is 5.82 Å². The van der Waals surface area contributed by atoms with E-state index in [4.69, 9.17) is 0 Å². The molecule has 4 nitrogen and oxygen atoms in total. The van der Waals surface area contributed by atoms with Crippen LogP contribution in [0.25, 0.3) is 11.1 Å². The molecule has 122 valence electrons. The Morgan fingerprint density at radius 2 is 1.96 bits per heavy atom. The zero-order chi connectivity index (χ0) is 16.9. The number of carbonyl (C=O) groups excluding carboxylic acids is 1. The van der Waals surface area contributed by atoms with E-state index in [2.05, 4.69) is 10.4 Å². The van der Waals surface area contributed by atoms with Crippen molar-refractivity contribution < 1.29 is 9.18 Å². The fourth-order valence-corrected chi connectivity index (χ4v) is 2.53. The molecule has 0 fully saturated rings. The summed E-state index contributed by atoms with van der Waals surface area (Å²) < 4.78 is 14.8. The van der Waals surface area contributed by atoms with Gasteiger partial charge < -0.3 is 5.32 Å². The summed E-state index contributed by atoms with van der Waals surface area (Å²) in [6.07, 6.45) is 3.87. The quantitative estimate of drug-likeness (QED) is 0.762. The van der Waals surface area contributed by atoms with Crippen molar-refractivity contribution in [3.8, 4) is 11.1 Å². The molecule has 0 aliphatic carbocycles. The largest absolute Gasteiger partial charge is 0.326 e. The molecule has 1 unspecified atom stereocenters. The molecule has 5 heteroatoms. The molecule has 1 aromatic heterocycles. The molecule has 3 rings (SSSR count). The minimum atomic E-state index is -0.268. The van der Waals surface area contributed by atoms with E-state index in [0.29, 0.717) is 6.42 Å². The Morgan fingerprint density at radius 3 is 2.67 bits per heavy atom. The van der Waals surface area contributed by atoms with Crippen molar-refractivity contribution in [3.05, 3.63) is 72.8 Å². The maximum absolute atomic E-state index is 13.0. The van der Waals surface area contributed by atoms with Crippen molar-refractivity contribution in [2.75, 3.05) is 5.32 Å². The van der Waals surface area contributed by atoms with E-state index < -0.39 is 0 Å². The molecule has 3 aromatic rings. The summed E-state index contributed by atoms with van der Waals surface area (Å²) in [5.74, 6) is -0.343. The van der Waals surface area contributed by atoms with Gasteiger partial charge in [-0.25, -0.2) is 4.39 Å². The molecule has 0 saturated carbocycles. The Hall–Kier alpha value is -2.95. The first-order valence-corrected chi connectivity index (χ1v) is 7.77. The molecule has 1 amide bonds. The van der Waals surface area contributed by atoms with Crippen molar-refractivity contribution in [2.24, 2.45) is 0 Å².